The number of nitrogens with zero attached hydrogens (tertiary/aromatic N) is 1. The van der Waals surface area contributed by atoms with Crippen LogP contribution < -0.4 is 11.1 Å². The Morgan fingerprint density at radius 1 is 1.21 bits per heavy atom. The average molecular weight is 273 g/mol. The van der Waals surface area contributed by atoms with Gasteiger partial charge in [0.2, 0.25) is 0 Å². The minimum Gasteiger partial charge on any atom is -0.323 e. The number of halogens is 3. The van der Waals surface area contributed by atoms with Gasteiger partial charge in [-0.05, 0) is 11.6 Å². The lowest BCUT2D eigenvalue weighted by molar-refractivity contribution is -0.138. The fourth-order valence-corrected chi connectivity index (χ4v) is 2.35. The Morgan fingerprint density at radius 3 is 2.47 bits per heavy atom. The minimum absolute atomic E-state index is 0.175. The molecule has 106 valence electrons. The molecule has 0 spiro atoms. The molecule has 0 aliphatic carbocycles. The van der Waals surface area contributed by atoms with Crippen molar-refractivity contribution in [1.29, 1.82) is 0 Å². The van der Waals surface area contributed by atoms with Crippen molar-refractivity contribution in [3.63, 3.8) is 0 Å². The average Bonchev–Trinajstić information content (AvgIpc) is 2.39. The summed E-state index contributed by atoms with van der Waals surface area (Å²) in [4.78, 5) is 2.09. The first-order valence-electron chi connectivity index (χ1n) is 6.33. The topological polar surface area (TPSA) is 41.3 Å². The van der Waals surface area contributed by atoms with Gasteiger partial charge in [-0.1, -0.05) is 18.2 Å². The molecule has 1 aromatic rings. The van der Waals surface area contributed by atoms with E-state index in [1.165, 1.54) is 12.1 Å². The van der Waals surface area contributed by atoms with Crippen LogP contribution in [0.25, 0.3) is 0 Å². The Hall–Kier alpha value is -1.11. The monoisotopic (exact) mass is 273 g/mol. The third-order valence-electron chi connectivity index (χ3n) is 3.33. The van der Waals surface area contributed by atoms with E-state index in [1.807, 2.05) is 0 Å². The highest BCUT2D eigenvalue weighted by molar-refractivity contribution is 5.32. The molecule has 0 aromatic heterocycles. The third kappa shape index (κ3) is 3.68. The molecule has 3 N–H and O–H groups in total. The van der Waals surface area contributed by atoms with Crippen LogP contribution in [0.2, 0.25) is 0 Å². The van der Waals surface area contributed by atoms with E-state index in [0.29, 0.717) is 6.54 Å². The number of hydrogen-bond acceptors (Lipinski definition) is 3. The molecule has 0 amide bonds. The second-order valence-electron chi connectivity index (χ2n) is 4.74. The van der Waals surface area contributed by atoms with Crippen LogP contribution in [0.4, 0.5) is 13.2 Å². The van der Waals surface area contributed by atoms with Gasteiger partial charge < -0.3 is 11.1 Å². The van der Waals surface area contributed by atoms with E-state index in [4.69, 9.17) is 5.73 Å². The number of hydrogen-bond donors (Lipinski definition) is 2. The predicted molar refractivity (Wildman–Crippen MR) is 67.7 cm³/mol. The van der Waals surface area contributed by atoms with Crippen LogP contribution in [0, 0.1) is 0 Å². The smallest absolute Gasteiger partial charge is 0.323 e. The van der Waals surface area contributed by atoms with Crippen LogP contribution in [0.3, 0.4) is 0 Å². The van der Waals surface area contributed by atoms with Gasteiger partial charge in [0, 0.05) is 38.8 Å². The van der Waals surface area contributed by atoms with Crippen LogP contribution in [0.15, 0.2) is 24.3 Å². The van der Waals surface area contributed by atoms with Gasteiger partial charge in [0.05, 0.1) is 5.56 Å². The van der Waals surface area contributed by atoms with E-state index in [2.05, 4.69) is 10.2 Å². The normalized spacial score (nSPS) is 19.4. The second kappa shape index (κ2) is 5.90. The summed E-state index contributed by atoms with van der Waals surface area (Å²) in [6.07, 6.45) is -4.35. The zero-order valence-corrected chi connectivity index (χ0v) is 10.6. The van der Waals surface area contributed by atoms with Gasteiger partial charge in [-0.15, -0.1) is 0 Å². The van der Waals surface area contributed by atoms with Gasteiger partial charge in [-0.25, -0.2) is 0 Å². The molecular weight excluding hydrogens is 255 g/mol. The fraction of sp³-hybridized carbons (Fsp3) is 0.538. The highest BCUT2D eigenvalue weighted by Gasteiger charge is 2.34. The lowest BCUT2D eigenvalue weighted by atomic mass is 10.00. The molecule has 0 bridgehead atoms. The lowest BCUT2D eigenvalue weighted by Crippen LogP contribution is -2.46. The van der Waals surface area contributed by atoms with Gasteiger partial charge in [-0.3, -0.25) is 4.90 Å². The van der Waals surface area contributed by atoms with Crippen LogP contribution >= 0.6 is 0 Å². The van der Waals surface area contributed by atoms with Crippen LogP contribution in [-0.4, -0.2) is 37.6 Å². The standard InChI is InChI=1S/C13H18F3N3/c14-13(15,16)11-4-2-1-3-10(11)12(17)9-19-7-5-18-6-8-19/h1-4,12,18H,5-9,17H2. The molecule has 6 heteroatoms. The number of nitrogens with one attached hydrogen (secondary N) is 1. The lowest BCUT2D eigenvalue weighted by Gasteiger charge is -2.30. The first kappa shape index (κ1) is 14.3. The fourth-order valence-electron chi connectivity index (χ4n) is 2.35. The summed E-state index contributed by atoms with van der Waals surface area (Å²) in [6.45, 7) is 3.81. The number of piperazine rings is 1. The summed E-state index contributed by atoms with van der Waals surface area (Å²) in [5, 5.41) is 3.20. The molecule has 1 aliphatic heterocycles. The van der Waals surface area contributed by atoms with Crippen LogP contribution in [-0.2, 0) is 6.18 Å². The summed E-state index contributed by atoms with van der Waals surface area (Å²) >= 11 is 0. The highest BCUT2D eigenvalue weighted by Crippen LogP contribution is 2.34. The summed E-state index contributed by atoms with van der Waals surface area (Å²) < 4.78 is 38.7. The molecular formula is C13H18F3N3. The minimum atomic E-state index is -4.35. The van der Waals surface area contributed by atoms with Crippen LogP contribution in [0.1, 0.15) is 17.2 Å². The van der Waals surface area contributed by atoms with Crippen molar-refractivity contribution in [3.8, 4) is 0 Å². The van der Waals surface area contributed by atoms with E-state index < -0.39 is 17.8 Å². The largest absolute Gasteiger partial charge is 0.416 e. The zero-order chi connectivity index (χ0) is 13.9. The molecule has 2 rings (SSSR count). The Balaban J connectivity index is 2.12. The van der Waals surface area contributed by atoms with Gasteiger partial charge in [0.15, 0.2) is 0 Å². The van der Waals surface area contributed by atoms with Crippen LogP contribution in [0.5, 0.6) is 0 Å². The van der Waals surface area contributed by atoms with E-state index >= 15 is 0 Å². The molecule has 0 radical (unpaired) electrons. The summed E-state index contributed by atoms with van der Waals surface area (Å²) in [5.74, 6) is 0. The molecule has 1 unspecified atom stereocenters. The van der Waals surface area contributed by atoms with E-state index in [-0.39, 0.29) is 5.56 Å². The maximum Gasteiger partial charge on any atom is 0.416 e. The zero-order valence-electron chi connectivity index (χ0n) is 10.6. The first-order chi connectivity index (χ1) is 8.98. The Bertz CT molecular complexity index is 414. The molecule has 1 aliphatic rings. The first-order valence-corrected chi connectivity index (χ1v) is 6.33. The second-order valence-corrected chi connectivity index (χ2v) is 4.74. The number of rotatable bonds is 3. The number of alkyl halides is 3. The molecule has 3 nitrogen and oxygen atoms in total. The van der Waals surface area contributed by atoms with Crippen molar-refractivity contribution >= 4 is 0 Å². The van der Waals surface area contributed by atoms with Gasteiger partial charge in [0.25, 0.3) is 0 Å². The van der Waals surface area contributed by atoms with Crippen molar-refractivity contribution in [2.45, 2.75) is 12.2 Å². The Morgan fingerprint density at radius 2 is 1.84 bits per heavy atom. The molecule has 1 aromatic carbocycles. The van der Waals surface area contributed by atoms with E-state index in [1.54, 1.807) is 6.07 Å². The molecule has 1 saturated heterocycles. The van der Waals surface area contributed by atoms with E-state index in [9.17, 15) is 13.2 Å². The van der Waals surface area contributed by atoms with Crippen molar-refractivity contribution in [1.82, 2.24) is 10.2 Å². The van der Waals surface area contributed by atoms with Crippen molar-refractivity contribution in [2.75, 3.05) is 32.7 Å². The van der Waals surface area contributed by atoms with Gasteiger partial charge >= 0.3 is 6.18 Å². The number of benzene rings is 1. The molecule has 19 heavy (non-hydrogen) atoms. The Labute approximate surface area is 110 Å². The van der Waals surface area contributed by atoms with Crippen molar-refractivity contribution in [3.05, 3.63) is 35.4 Å². The van der Waals surface area contributed by atoms with Crippen molar-refractivity contribution < 1.29 is 13.2 Å². The van der Waals surface area contributed by atoms with Gasteiger partial charge in [-0.2, -0.15) is 13.2 Å². The molecule has 1 atom stereocenters. The number of nitrogens with two attached hydrogens (primary N) is 1. The molecule has 1 fully saturated rings. The van der Waals surface area contributed by atoms with Crippen molar-refractivity contribution in [2.24, 2.45) is 5.73 Å². The van der Waals surface area contributed by atoms with E-state index in [0.717, 1.165) is 32.2 Å². The Kier molecular flexibility index (Phi) is 4.44. The molecule has 1 heterocycles. The summed E-state index contributed by atoms with van der Waals surface area (Å²) in [5.41, 5.74) is 5.51. The maximum atomic E-state index is 12.9. The molecule has 0 saturated carbocycles. The summed E-state index contributed by atoms with van der Waals surface area (Å²) in [6, 6.07) is 4.94. The highest BCUT2D eigenvalue weighted by atomic mass is 19.4. The predicted octanol–water partition coefficient (Wildman–Crippen LogP) is 1.61. The van der Waals surface area contributed by atoms with Gasteiger partial charge in [0.1, 0.15) is 0 Å². The SMILES string of the molecule is NC(CN1CCNCC1)c1ccccc1C(F)(F)F. The third-order valence-corrected chi connectivity index (χ3v) is 3.33. The maximum absolute atomic E-state index is 12.9. The quantitative estimate of drug-likeness (QED) is 0.879. The summed E-state index contributed by atoms with van der Waals surface area (Å²) in [7, 11) is 0.